The minimum atomic E-state index is -1.82. The first kappa shape index (κ1) is 21.6. The zero-order chi connectivity index (χ0) is 19.5. The predicted octanol–water partition coefficient (Wildman–Crippen LogP) is 0.610. The van der Waals surface area contributed by atoms with Crippen LogP contribution in [0, 0.1) is 0 Å². The first-order valence-electron chi connectivity index (χ1n) is 8.42. The molecule has 0 spiro atoms. The van der Waals surface area contributed by atoms with E-state index < -0.39 is 11.9 Å². The first-order chi connectivity index (χ1) is 12.3. The van der Waals surface area contributed by atoms with E-state index in [1.54, 1.807) is 0 Å². The van der Waals surface area contributed by atoms with Crippen LogP contribution in [0.2, 0.25) is 0 Å². The normalized spacial score (nSPS) is 19.8. The smallest absolute Gasteiger partial charge is 0.414 e. The summed E-state index contributed by atoms with van der Waals surface area (Å²) in [7, 11) is 0. The van der Waals surface area contributed by atoms with Crippen molar-refractivity contribution in [2.75, 3.05) is 26.2 Å². The molecular formula is C18H26N2O6. The Morgan fingerprint density at radius 2 is 1.62 bits per heavy atom. The minimum Gasteiger partial charge on any atom is -0.473 e. The third-order valence-corrected chi connectivity index (χ3v) is 3.62. The number of carbonyl (C=O) groups is 3. The van der Waals surface area contributed by atoms with E-state index >= 15 is 0 Å². The summed E-state index contributed by atoms with van der Waals surface area (Å²) in [6, 6.07) is 10.2. The van der Waals surface area contributed by atoms with E-state index in [9.17, 15) is 4.79 Å². The van der Waals surface area contributed by atoms with E-state index in [0.717, 1.165) is 19.5 Å². The average Bonchev–Trinajstić information content (AvgIpc) is 2.55. The SMILES string of the molecule is CC1CN(CC(=O)NCCc2ccccc2)CC(C)O1.O=C(O)C(=O)O. The highest BCUT2D eigenvalue weighted by Crippen LogP contribution is 2.09. The van der Waals surface area contributed by atoms with Gasteiger partial charge in [-0.2, -0.15) is 0 Å². The van der Waals surface area contributed by atoms with Crippen molar-refractivity contribution >= 4 is 17.8 Å². The van der Waals surface area contributed by atoms with Crippen molar-refractivity contribution < 1.29 is 29.3 Å². The van der Waals surface area contributed by atoms with Crippen LogP contribution in [0.15, 0.2) is 30.3 Å². The molecule has 1 aliphatic rings. The van der Waals surface area contributed by atoms with E-state index in [0.29, 0.717) is 13.1 Å². The Balaban J connectivity index is 0.000000487. The molecule has 8 heteroatoms. The molecule has 1 aromatic carbocycles. The number of benzene rings is 1. The van der Waals surface area contributed by atoms with Crippen molar-refractivity contribution in [1.29, 1.82) is 0 Å². The molecule has 2 rings (SSSR count). The molecule has 2 unspecified atom stereocenters. The second-order valence-electron chi connectivity index (χ2n) is 6.15. The lowest BCUT2D eigenvalue weighted by Gasteiger charge is -2.34. The third-order valence-electron chi connectivity index (χ3n) is 3.62. The number of aliphatic carboxylic acids is 2. The monoisotopic (exact) mass is 366 g/mol. The number of morpholine rings is 1. The lowest BCUT2D eigenvalue weighted by molar-refractivity contribution is -0.159. The van der Waals surface area contributed by atoms with Crippen LogP contribution >= 0.6 is 0 Å². The second-order valence-corrected chi connectivity index (χ2v) is 6.15. The van der Waals surface area contributed by atoms with Crippen LogP contribution in [0.3, 0.4) is 0 Å². The molecule has 0 bridgehead atoms. The average molecular weight is 366 g/mol. The van der Waals surface area contributed by atoms with Gasteiger partial charge in [-0.25, -0.2) is 9.59 Å². The summed E-state index contributed by atoms with van der Waals surface area (Å²) in [5.41, 5.74) is 1.25. The highest BCUT2D eigenvalue weighted by molar-refractivity contribution is 6.27. The molecule has 1 aromatic rings. The molecule has 0 aliphatic carbocycles. The summed E-state index contributed by atoms with van der Waals surface area (Å²) in [6.45, 7) is 6.92. The van der Waals surface area contributed by atoms with Crippen LogP contribution in [0.25, 0.3) is 0 Å². The molecule has 1 amide bonds. The summed E-state index contributed by atoms with van der Waals surface area (Å²) >= 11 is 0. The fraction of sp³-hybridized carbons (Fsp3) is 0.500. The number of carboxylic acids is 2. The molecule has 8 nitrogen and oxygen atoms in total. The molecular weight excluding hydrogens is 340 g/mol. The van der Waals surface area contributed by atoms with Gasteiger partial charge in [0.1, 0.15) is 0 Å². The molecule has 1 fully saturated rings. The summed E-state index contributed by atoms with van der Waals surface area (Å²) in [5.74, 6) is -3.55. The number of ether oxygens (including phenoxy) is 1. The van der Waals surface area contributed by atoms with E-state index in [1.807, 2.05) is 18.2 Å². The van der Waals surface area contributed by atoms with Crippen molar-refractivity contribution in [2.45, 2.75) is 32.5 Å². The molecule has 26 heavy (non-hydrogen) atoms. The number of hydrogen-bond donors (Lipinski definition) is 3. The summed E-state index contributed by atoms with van der Waals surface area (Å²) in [5, 5.41) is 17.8. The molecule has 144 valence electrons. The van der Waals surface area contributed by atoms with Gasteiger partial charge in [-0.3, -0.25) is 9.69 Å². The Morgan fingerprint density at radius 1 is 1.08 bits per heavy atom. The van der Waals surface area contributed by atoms with Gasteiger partial charge in [0.25, 0.3) is 0 Å². The van der Waals surface area contributed by atoms with Gasteiger partial charge in [-0.15, -0.1) is 0 Å². The Kier molecular flexibility index (Phi) is 9.32. The van der Waals surface area contributed by atoms with E-state index in [4.69, 9.17) is 24.5 Å². The summed E-state index contributed by atoms with van der Waals surface area (Å²) in [4.78, 5) is 32.3. The Hall–Kier alpha value is -2.45. The maximum atomic E-state index is 11.9. The van der Waals surface area contributed by atoms with Gasteiger partial charge in [0.2, 0.25) is 5.91 Å². The van der Waals surface area contributed by atoms with E-state index in [1.165, 1.54) is 5.56 Å². The minimum absolute atomic E-state index is 0.0993. The fourth-order valence-electron chi connectivity index (χ4n) is 2.66. The van der Waals surface area contributed by atoms with Gasteiger partial charge in [0.05, 0.1) is 18.8 Å². The van der Waals surface area contributed by atoms with Gasteiger partial charge in [-0.05, 0) is 25.8 Å². The number of carboxylic acid groups (broad SMARTS) is 2. The molecule has 1 saturated heterocycles. The molecule has 0 aromatic heterocycles. The molecule has 3 N–H and O–H groups in total. The predicted molar refractivity (Wildman–Crippen MR) is 94.9 cm³/mol. The maximum absolute atomic E-state index is 11.9. The van der Waals surface area contributed by atoms with Gasteiger partial charge in [-0.1, -0.05) is 30.3 Å². The van der Waals surface area contributed by atoms with Crippen LogP contribution < -0.4 is 5.32 Å². The third kappa shape index (κ3) is 9.14. The molecule has 0 saturated carbocycles. The second kappa shape index (κ2) is 11.2. The Morgan fingerprint density at radius 3 is 2.12 bits per heavy atom. The molecule has 1 heterocycles. The lowest BCUT2D eigenvalue weighted by Crippen LogP contribution is -2.49. The van der Waals surface area contributed by atoms with Crippen LogP contribution in [0.5, 0.6) is 0 Å². The van der Waals surface area contributed by atoms with Crippen molar-refractivity contribution in [3.8, 4) is 0 Å². The number of nitrogens with one attached hydrogen (secondary N) is 1. The standard InChI is InChI=1S/C16H24N2O2.C2H2O4/c1-13-10-18(11-14(2)20-13)12-16(19)17-9-8-15-6-4-3-5-7-15;3-1(4)2(5)6/h3-7,13-14H,8-12H2,1-2H3,(H,17,19);(H,3,4)(H,5,6). The van der Waals surface area contributed by atoms with E-state index in [2.05, 4.69) is 36.2 Å². The molecule has 0 radical (unpaired) electrons. The fourth-order valence-corrected chi connectivity index (χ4v) is 2.66. The van der Waals surface area contributed by atoms with Crippen molar-refractivity contribution in [3.63, 3.8) is 0 Å². The Bertz CT molecular complexity index is 571. The number of rotatable bonds is 5. The maximum Gasteiger partial charge on any atom is 0.414 e. The number of carbonyl (C=O) groups excluding carboxylic acids is 1. The van der Waals surface area contributed by atoms with Gasteiger partial charge in [0, 0.05) is 19.6 Å². The molecule has 2 atom stereocenters. The summed E-state index contributed by atoms with van der Waals surface area (Å²) in [6.07, 6.45) is 1.29. The Labute approximate surface area is 152 Å². The number of nitrogens with zero attached hydrogens (tertiary/aromatic N) is 1. The van der Waals surface area contributed by atoms with Crippen molar-refractivity contribution in [3.05, 3.63) is 35.9 Å². The highest BCUT2D eigenvalue weighted by atomic mass is 16.5. The van der Waals surface area contributed by atoms with Crippen molar-refractivity contribution in [2.24, 2.45) is 0 Å². The number of amides is 1. The lowest BCUT2D eigenvalue weighted by atomic mass is 10.1. The van der Waals surface area contributed by atoms with Gasteiger partial charge in [0.15, 0.2) is 0 Å². The zero-order valence-corrected chi connectivity index (χ0v) is 15.1. The van der Waals surface area contributed by atoms with Crippen LogP contribution in [-0.4, -0.2) is 71.3 Å². The van der Waals surface area contributed by atoms with Crippen molar-refractivity contribution in [1.82, 2.24) is 10.2 Å². The van der Waals surface area contributed by atoms with Crippen LogP contribution in [0.1, 0.15) is 19.4 Å². The largest absolute Gasteiger partial charge is 0.473 e. The summed E-state index contributed by atoms with van der Waals surface area (Å²) < 4.78 is 5.66. The van der Waals surface area contributed by atoms with Gasteiger partial charge < -0.3 is 20.3 Å². The zero-order valence-electron chi connectivity index (χ0n) is 15.1. The van der Waals surface area contributed by atoms with Crippen LogP contribution in [-0.2, 0) is 25.5 Å². The number of hydrogen-bond acceptors (Lipinski definition) is 5. The quantitative estimate of drug-likeness (QED) is 0.654. The molecule has 1 aliphatic heterocycles. The van der Waals surface area contributed by atoms with E-state index in [-0.39, 0.29) is 18.1 Å². The highest BCUT2D eigenvalue weighted by Gasteiger charge is 2.23. The van der Waals surface area contributed by atoms with Gasteiger partial charge >= 0.3 is 11.9 Å². The van der Waals surface area contributed by atoms with Crippen LogP contribution in [0.4, 0.5) is 0 Å². The topological polar surface area (TPSA) is 116 Å². The first-order valence-corrected chi connectivity index (χ1v) is 8.42.